The van der Waals surface area contributed by atoms with E-state index in [1.165, 1.54) is 0 Å². The van der Waals surface area contributed by atoms with Gasteiger partial charge in [0.2, 0.25) is 5.89 Å². The molecule has 0 radical (unpaired) electrons. The summed E-state index contributed by atoms with van der Waals surface area (Å²) in [5.74, 6) is 1.55. The highest BCUT2D eigenvalue weighted by Gasteiger charge is 2.13. The molecule has 6 nitrogen and oxygen atoms in total. The van der Waals surface area contributed by atoms with Gasteiger partial charge in [-0.3, -0.25) is 0 Å². The highest BCUT2D eigenvalue weighted by Crippen LogP contribution is 2.19. The number of hydrogen-bond acceptors (Lipinski definition) is 5. The summed E-state index contributed by atoms with van der Waals surface area (Å²) in [4.78, 5) is 4.66. The van der Waals surface area contributed by atoms with Crippen LogP contribution < -0.4 is 5.32 Å². The molecule has 24 heavy (non-hydrogen) atoms. The van der Waals surface area contributed by atoms with Crippen LogP contribution in [0.2, 0.25) is 0 Å². The van der Waals surface area contributed by atoms with E-state index in [1.807, 2.05) is 48.5 Å². The van der Waals surface area contributed by atoms with Crippen LogP contribution in [0.15, 0.2) is 59.0 Å². The molecule has 0 aliphatic heterocycles. The van der Waals surface area contributed by atoms with E-state index in [0.29, 0.717) is 18.5 Å². The lowest BCUT2D eigenvalue weighted by molar-refractivity contribution is 0.489. The van der Waals surface area contributed by atoms with Crippen molar-refractivity contribution in [3.63, 3.8) is 0 Å². The second kappa shape index (κ2) is 6.16. The Morgan fingerprint density at radius 3 is 2.62 bits per heavy atom. The van der Waals surface area contributed by atoms with Crippen LogP contribution in [0.3, 0.4) is 0 Å². The van der Waals surface area contributed by atoms with E-state index in [-0.39, 0.29) is 0 Å². The van der Waals surface area contributed by atoms with Gasteiger partial charge in [-0.1, -0.05) is 42.4 Å². The minimum absolute atomic E-state index is 0.388. The fourth-order valence-electron chi connectivity index (χ4n) is 2.72. The van der Waals surface area contributed by atoms with Gasteiger partial charge < -0.3 is 14.3 Å². The first-order valence-electron chi connectivity index (χ1n) is 7.92. The van der Waals surface area contributed by atoms with Gasteiger partial charge in [0.05, 0.1) is 11.0 Å². The normalized spacial score (nSPS) is 11.0. The molecular weight excluding hydrogens is 302 g/mol. The van der Waals surface area contributed by atoms with Crippen molar-refractivity contribution >= 4 is 22.7 Å². The molecule has 0 saturated heterocycles. The molecule has 0 fully saturated rings. The van der Waals surface area contributed by atoms with Gasteiger partial charge in [0, 0.05) is 12.1 Å². The van der Waals surface area contributed by atoms with Gasteiger partial charge in [0.1, 0.15) is 12.4 Å². The minimum Gasteiger partial charge on any atom is -0.406 e. The monoisotopic (exact) mass is 319 g/mol. The minimum atomic E-state index is 0.388. The SMILES string of the molecule is CCc1nc2ccccc2n1Cc1nnc(Nc2ccccc2)o1. The summed E-state index contributed by atoms with van der Waals surface area (Å²) in [6.45, 7) is 2.60. The quantitative estimate of drug-likeness (QED) is 0.606. The van der Waals surface area contributed by atoms with Crippen LogP contribution in [-0.2, 0) is 13.0 Å². The lowest BCUT2D eigenvalue weighted by Gasteiger charge is -2.04. The molecule has 0 atom stereocenters. The van der Waals surface area contributed by atoms with Crippen LogP contribution in [0.4, 0.5) is 11.7 Å². The topological polar surface area (TPSA) is 68.8 Å². The summed E-state index contributed by atoms with van der Waals surface area (Å²) in [5.41, 5.74) is 2.97. The molecule has 0 saturated carbocycles. The number of nitrogens with zero attached hydrogens (tertiary/aromatic N) is 4. The highest BCUT2D eigenvalue weighted by molar-refractivity contribution is 5.76. The van der Waals surface area contributed by atoms with E-state index >= 15 is 0 Å². The van der Waals surface area contributed by atoms with Gasteiger partial charge in [-0.05, 0) is 24.3 Å². The summed E-state index contributed by atoms with van der Waals surface area (Å²) in [6, 6.07) is 18.2. The van der Waals surface area contributed by atoms with Crippen LogP contribution >= 0.6 is 0 Å². The molecule has 0 unspecified atom stereocenters. The van der Waals surface area contributed by atoms with Crippen molar-refractivity contribution in [3.05, 3.63) is 66.3 Å². The third-order valence-corrected chi connectivity index (χ3v) is 3.84. The van der Waals surface area contributed by atoms with E-state index < -0.39 is 0 Å². The fourth-order valence-corrected chi connectivity index (χ4v) is 2.72. The van der Waals surface area contributed by atoms with Crippen LogP contribution in [0.1, 0.15) is 18.6 Å². The summed E-state index contributed by atoms with van der Waals surface area (Å²) < 4.78 is 7.85. The Morgan fingerprint density at radius 1 is 1.00 bits per heavy atom. The number of rotatable bonds is 5. The highest BCUT2D eigenvalue weighted by atomic mass is 16.4. The van der Waals surface area contributed by atoms with Crippen molar-refractivity contribution in [2.24, 2.45) is 0 Å². The maximum absolute atomic E-state index is 5.73. The Hall–Kier alpha value is -3.15. The molecular formula is C18H17N5O. The van der Waals surface area contributed by atoms with Crippen molar-refractivity contribution in [3.8, 4) is 0 Å². The average molecular weight is 319 g/mol. The molecule has 120 valence electrons. The molecule has 0 aliphatic carbocycles. The van der Waals surface area contributed by atoms with Gasteiger partial charge >= 0.3 is 6.01 Å². The standard InChI is InChI=1S/C18H17N5O/c1-2-16-20-14-10-6-7-11-15(14)23(16)12-17-21-22-18(24-17)19-13-8-4-3-5-9-13/h3-11H,2,12H2,1H3,(H,19,22). The number of nitrogens with one attached hydrogen (secondary N) is 1. The third kappa shape index (κ3) is 2.74. The first kappa shape index (κ1) is 14.4. The number of aryl methyl sites for hydroxylation is 1. The number of fused-ring (bicyclic) bond motifs is 1. The molecule has 0 amide bonds. The van der Waals surface area contributed by atoms with Crippen molar-refractivity contribution in [2.45, 2.75) is 19.9 Å². The lowest BCUT2D eigenvalue weighted by atomic mass is 10.3. The predicted molar refractivity (Wildman–Crippen MR) is 92.2 cm³/mol. The molecule has 4 rings (SSSR count). The van der Waals surface area contributed by atoms with E-state index in [0.717, 1.165) is 29.0 Å². The zero-order valence-corrected chi connectivity index (χ0v) is 13.3. The number of para-hydroxylation sites is 3. The third-order valence-electron chi connectivity index (χ3n) is 3.84. The van der Waals surface area contributed by atoms with Crippen LogP contribution in [0, 0.1) is 0 Å². The van der Waals surface area contributed by atoms with Crippen molar-refractivity contribution in [2.75, 3.05) is 5.32 Å². The molecule has 6 heteroatoms. The largest absolute Gasteiger partial charge is 0.406 e. The summed E-state index contributed by atoms with van der Waals surface area (Å²) in [5, 5.41) is 11.3. The Kier molecular flexibility index (Phi) is 3.70. The van der Waals surface area contributed by atoms with Crippen molar-refractivity contribution < 1.29 is 4.42 Å². The molecule has 2 aromatic carbocycles. The summed E-state index contributed by atoms with van der Waals surface area (Å²) >= 11 is 0. The van der Waals surface area contributed by atoms with Crippen molar-refractivity contribution in [1.82, 2.24) is 19.7 Å². The number of hydrogen-bond donors (Lipinski definition) is 1. The maximum atomic E-state index is 5.73. The van der Waals surface area contributed by atoms with Gasteiger partial charge in [-0.25, -0.2) is 4.98 Å². The van der Waals surface area contributed by atoms with E-state index in [1.54, 1.807) is 0 Å². The second-order valence-electron chi connectivity index (χ2n) is 5.45. The lowest BCUT2D eigenvalue weighted by Crippen LogP contribution is -2.04. The molecule has 0 bridgehead atoms. The summed E-state index contributed by atoms with van der Waals surface area (Å²) in [7, 11) is 0. The van der Waals surface area contributed by atoms with Crippen LogP contribution in [0.25, 0.3) is 11.0 Å². The molecule has 2 heterocycles. The fraction of sp³-hybridized carbons (Fsp3) is 0.167. The molecule has 2 aromatic heterocycles. The Morgan fingerprint density at radius 2 is 1.79 bits per heavy atom. The molecule has 1 N–H and O–H groups in total. The van der Waals surface area contributed by atoms with Crippen LogP contribution in [0.5, 0.6) is 0 Å². The number of aromatic nitrogens is 4. The molecule has 0 spiro atoms. The second-order valence-corrected chi connectivity index (χ2v) is 5.45. The van der Waals surface area contributed by atoms with Crippen LogP contribution in [-0.4, -0.2) is 19.7 Å². The number of benzene rings is 2. The Bertz CT molecular complexity index is 958. The predicted octanol–water partition coefficient (Wildman–Crippen LogP) is 3.77. The maximum Gasteiger partial charge on any atom is 0.320 e. The van der Waals surface area contributed by atoms with Gasteiger partial charge in [0.15, 0.2) is 0 Å². The van der Waals surface area contributed by atoms with Gasteiger partial charge in [-0.15, -0.1) is 5.10 Å². The Labute approximate surface area is 139 Å². The van der Waals surface area contributed by atoms with E-state index in [9.17, 15) is 0 Å². The van der Waals surface area contributed by atoms with Gasteiger partial charge in [-0.2, -0.15) is 0 Å². The first-order valence-corrected chi connectivity index (χ1v) is 7.92. The van der Waals surface area contributed by atoms with Gasteiger partial charge in [0.25, 0.3) is 0 Å². The zero-order valence-electron chi connectivity index (χ0n) is 13.3. The average Bonchev–Trinajstić information content (AvgIpc) is 3.21. The first-order chi connectivity index (χ1) is 11.8. The summed E-state index contributed by atoms with van der Waals surface area (Å²) in [6.07, 6.45) is 0.845. The molecule has 4 aromatic rings. The number of imidazole rings is 1. The zero-order chi connectivity index (χ0) is 16.4. The number of anilines is 2. The Balaban J connectivity index is 1.60. The molecule has 0 aliphatic rings. The van der Waals surface area contributed by atoms with Crippen molar-refractivity contribution in [1.29, 1.82) is 0 Å². The van der Waals surface area contributed by atoms with E-state index in [4.69, 9.17) is 4.42 Å². The van der Waals surface area contributed by atoms with E-state index in [2.05, 4.69) is 38.1 Å². The smallest absolute Gasteiger partial charge is 0.320 e.